The molecule has 5 rings (SSSR count). The van der Waals surface area contributed by atoms with E-state index in [2.05, 4.69) is 5.32 Å². The molecule has 2 N–H and O–H groups in total. The lowest BCUT2D eigenvalue weighted by atomic mass is 9.93. The Labute approximate surface area is 223 Å². The summed E-state index contributed by atoms with van der Waals surface area (Å²) in [6.45, 7) is 3.18. The van der Waals surface area contributed by atoms with E-state index in [4.69, 9.17) is 4.74 Å². The number of hydrogen-bond donors (Lipinski definition) is 2. The molecule has 0 radical (unpaired) electrons. The monoisotopic (exact) mass is 535 g/mol. The molecule has 39 heavy (non-hydrogen) atoms. The molecular weight excluding hydrogens is 508 g/mol. The third-order valence-electron chi connectivity index (χ3n) is 7.16. The molecule has 0 fully saturated rings. The first kappa shape index (κ1) is 26.3. The van der Waals surface area contributed by atoms with E-state index in [-0.39, 0.29) is 48.3 Å². The van der Waals surface area contributed by atoms with Crippen molar-refractivity contribution in [2.45, 2.75) is 44.7 Å². The number of pyridine rings is 1. The number of benzene rings is 2. The molecule has 0 spiro atoms. The van der Waals surface area contributed by atoms with Gasteiger partial charge in [-0.2, -0.15) is 0 Å². The predicted molar refractivity (Wildman–Crippen MR) is 138 cm³/mol. The van der Waals surface area contributed by atoms with Gasteiger partial charge in [0.2, 0.25) is 5.43 Å². The molecule has 2 aromatic carbocycles. The first-order valence-corrected chi connectivity index (χ1v) is 12.5. The van der Waals surface area contributed by atoms with E-state index in [1.807, 2.05) is 13.0 Å². The summed E-state index contributed by atoms with van der Waals surface area (Å²) in [7, 11) is 0. The highest BCUT2D eigenvalue weighted by Gasteiger charge is 2.45. The zero-order valence-corrected chi connectivity index (χ0v) is 21.4. The molecule has 2 amide bonds. The van der Waals surface area contributed by atoms with Gasteiger partial charge in [0, 0.05) is 37.0 Å². The standard InChI is InChI=1S/C29H27F2N3O5/c1-17-10-11-29(2,38)23-15-33(17)28(37)24-26(39-16-18-6-4-3-5-7-18)25(35)21(14-34(23)24)27(36)32-13-19-8-9-20(30)12-22(19)31/h3-12,14,17,23,38H,13,15-16H2,1-2H3,(H,32,36). The largest absolute Gasteiger partial charge is 0.483 e. The van der Waals surface area contributed by atoms with E-state index in [0.29, 0.717) is 6.07 Å². The van der Waals surface area contributed by atoms with Crippen molar-refractivity contribution >= 4 is 11.8 Å². The van der Waals surface area contributed by atoms with Crippen molar-refractivity contribution in [3.63, 3.8) is 0 Å². The van der Waals surface area contributed by atoms with Gasteiger partial charge in [-0.15, -0.1) is 0 Å². The molecule has 1 aromatic heterocycles. The second-order valence-electron chi connectivity index (χ2n) is 9.95. The number of amides is 2. The Kier molecular flexibility index (Phi) is 6.82. The molecule has 0 aliphatic carbocycles. The average molecular weight is 536 g/mol. The minimum absolute atomic E-state index is 0.0278. The first-order valence-electron chi connectivity index (χ1n) is 12.5. The molecule has 10 heteroatoms. The van der Waals surface area contributed by atoms with Crippen molar-refractivity contribution in [1.82, 2.24) is 14.8 Å². The fraction of sp³-hybridized carbons (Fsp3) is 0.276. The fourth-order valence-corrected chi connectivity index (χ4v) is 4.88. The lowest BCUT2D eigenvalue weighted by molar-refractivity contribution is 0.0202. The Morgan fingerprint density at radius 2 is 1.92 bits per heavy atom. The van der Waals surface area contributed by atoms with Crippen LogP contribution in [0.2, 0.25) is 0 Å². The summed E-state index contributed by atoms with van der Waals surface area (Å²) in [4.78, 5) is 42.1. The highest BCUT2D eigenvalue weighted by molar-refractivity contribution is 5.99. The van der Waals surface area contributed by atoms with Gasteiger partial charge >= 0.3 is 0 Å². The Balaban J connectivity index is 1.59. The maximum absolute atomic E-state index is 14.1. The van der Waals surface area contributed by atoms with Gasteiger partial charge in [-0.1, -0.05) is 48.6 Å². The molecule has 2 bridgehead atoms. The summed E-state index contributed by atoms with van der Waals surface area (Å²) >= 11 is 0. The van der Waals surface area contributed by atoms with Gasteiger partial charge in [0.1, 0.15) is 29.4 Å². The number of nitrogens with one attached hydrogen (secondary N) is 1. The quantitative estimate of drug-likeness (QED) is 0.472. The molecule has 0 saturated heterocycles. The van der Waals surface area contributed by atoms with Crippen molar-refractivity contribution in [2.75, 3.05) is 6.54 Å². The van der Waals surface area contributed by atoms with Gasteiger partial charge in [-0.05, 0) is 25.5 Å². The normalized spacial score (nSPS) is 21.8. The first-order chi connectivity index (χ1) is 18.6. The number of fused-ring (bicyclic) bond motifs is 4. The van der Waals surface area contributed by atoms with Crippen LogP contribution >= 0.6 is 0 Å². The number of rotatable bonds is 6. The van der Waals surface area contributed by atoms with Gasteiger partial charge in [0.25, 0.3) is 11.8 Å². The van der Waals surface area contributed by atoms with Crippen LogP contribution in [0.4, 0.5) is 8.78 Å². The maximum atomic E-state index is 14.1. The smallest absolute Gasteiger partial charge is 0.275 e. The summed E-state index contributed by atoms with van der Waals surface area (Å²) in [6.07, 6.45) is 4.56. The van der Waals surface area contributed by atoms with Crippen LogP contribution in [0.1, 0.15) is 51.9 Å². The zero-order chi connectivity index (χ0) is 27.9. The summed E-state index contributed by atoms with van der Waals surface area (Å²) < 4.78 is 34.7. The number of ether oxygens (including phenoxy) is 1. The van der Waals surface area contributed by atoms with Crippen LogP contribution in [-0.2, 0) is 13.2 Å². The molecule has 0 saturated carbocycles. The van der Waals surface area contributed by atoms with Gasteiger partial charge in [-0.25, -0.2) is 8.78 Å². The Bertz CT molecular complexity index is 1530. The minimum Gasteiger partial charge on any atom is -0.483 e. The number of aliphatic hydroxyl groups is 1. The second kappa shape index (κ2) is 10.1. The van der Waals surface area contributed by atoms with Crippen LogP contribution in [0.5, 0.6) is 5.75 Å². The van der Waals surface area contributed by atoms with Gasteiger partial charge in [-0.3, -0.25) is 14.4 Å². The summed E-state index contributed by atoms with van der Waals surface area (Å²) in [6, 6.07) is 10.9. The molecule has 2 aliphatic heterocycles. The van der Waals surface area contributed by atoms with Gasteiger partial charge < -0.3 is 24.6 Å². The van der Waals surface area contributed by atoms with Crippen LogP contribution in [0, 0.1) is 11.6 Å². The van der Waals surface area contributed by atoms with Crippen LogP contribution < -0.4 is 15.5 Å². The van der Waals surface area contributed by atoms with E-state index >= 15 is 0 Å². The van der Waals surface area contributed by atoms with E-state index in [9.17, 15) is 28.3 Å². The Hall–Kier alpha value is -4.31. The number of aromatic nitrogens is 1. The molecule has 3 heterocycles. The van der Waals surface area contributed by atoms with E-state index in [0.717, 1.165) is 11.6 Å². The Morgan fingerprint density at radius 1 is 1.18 bits per heavy atom. The summed E-state index contributed by atoms with van der Waals surface area (Å²) in [5.41, 5.74) is -1.88. The maximum Gasteiger partial charge on any atom is 0.275 e. The van der Waals surface area contributed by atoms with Crippen molar-refractivity contribution in [3.05, 3.63) is 111 Å². The van der Waals surface area contributed by atoms with Crippen molar-refractivity contribution in [3.8, 4) is 5.75 Å². The van der Waals surface area contributed by atoms with E-state index < -0.39 is 40.5 Å². The van der Waals surface area contributed by atoms with Gasteiger partial charge in [0.15, 0.2) is 11.4 Å². The third kappa shape index (κ3) is 4.95. The molecule has 202 valence electrons. The lowest BCUT2D eigenvalue weighted by Gasteiger charge is -2.41. The topological polar surface area (TPSA) is 101 Å². The third-order valence-corrected chi connectivity index (χ3v) is 7.16. The van der Waals surface area contributed by atoms with Crippen molar-refractivity contribution in [2.24, 2.45) is 0 Å². The van der Waals surface area contributed by atoms with Crippen LogP contribution in [0.3, 0.4) is 0 Å². The second-order valence-corrected chi connectivity index (χ2v) is 9.95. The molecule has 3 aromatic rings. The fourth-order valence-electron chi connectivity index (χ4n) is 4.88. The SMILES string of the molecule is CC1C=CC(C)(O)C2CN1C(=O)c1c(OCc3ccccc3)c(=O)c(C(=O)NCc3ccc(F)cc3F)cn12. The number of halogens is 2. The van der Waals surface area contributed by atoms with E-state index in [1.54, 1.807) is 48.2 Å². The van der Waals surface area contributed by atoms with Crippen LogP contribution in [-0.4, -0.2) is 44.6 Å². The predicted octanol–water partition coefficient (Wildman–Crippen LogP) is 3.34. The minimum atomic E-state index is -1.42. The van der Waals surface area contributed by atoms with Crippen LogP contribution in [0.15, 0.2) is 71.7 Å². The highest BCUT2D eigenvalue weighted by Crippen LogP contribution is 2.37. The number of carbonyl (C=O) groups excluding carboxylic acids is 2. The number of carbonyl (C=O) groups is 2. The number of nitrogens with zero attached hydrogens (tertiary/aromatic N) is 2. The molecule has 3 atom stereocenters. The average Bonchev–Trinajstić information content (AvgIpc) is 3.01. The van der Waals surface area contributed by atoms with Gasteiger partial charge in [0.05, 0.1) is 6.04 Å². The molecular formula is C29H27F2N3O5. The molecule has 2 aliphatic rings. The summed E-state index contributed by atoms with van der Waals surface area (Å²) in [5.74, 6) is -3.22. The van der Waals surface area contributed by atoms with E-state index in [1.165, 1.54) is 16.8 Å². The molecule has 3 unspecified atom stereocenters. The summed E-state index contributed by atoms with van der Waals surface area (Å²) in [5, 5.41) is 13.8. The lowest BCUT2D eigenvalue weighted by Crippen LogP contribution is -2.52. The number of hydrogen-bond acceptors (Lipinski definition) is 5. The molecule has 8 nitrogen and oxygen atoms in total. The Morgan fingerprint density at radius 3 is 2.64 bits per heavy atom. The van der Waals surface area contributed by atoms with Crippen LogP contribution in [0.25, 0.3) is 0 Å². The van der Waals surface area contributed by atoms with Crippen molar-refractivity contribution in [1.29, 1.82) is 0 Å². The van der Waals surface area contributed by atoms with Crippen molar-refractivity contribution < 1.29 is 28.2 Å². The zero-order valence-electron chi connectivity index (χ0n) is 21.4. The highest BCUT2D eigenvalue weighted by atomic mass is 19.1.